The van der Waals surface area contributed by atoms with Gasteiger partial charge in [0, 0.05) is 6.54 Å². The molecule has 4 N–H and O–H groups in total. The van der Waals surface area contributed by atoms with E-state index in [0.29, 0.717) is 31.8 Å². The number of carbonyl (C=O) groups excluding carboxylic acids is 3. The van der Waals surface area contributed by atoms with E-state index < -0.39 is 11.6 Å². The topological polar surface area (TPSA) is 105 Å². The van der Waals surface area contributed by atoms with Crippen molar-refractivity contribution in [3.8, 4) is 0 Å². The summed E-state index contributed by atoms with van der Waals surface area (Å²) in [7, 11) is 0. The fraction of sp³-hybridized carbons (Fsp3) is 0.824. The van der Waals surface area contributed by atoms with Crippen molar-refractivity contribution in [3.05, 3.63) is 0 Å². The predicted molar refractivity (Wildman–Crippen MR) is 91.0 cm³/mol. The molecular weight excluding hydrogens is 308 g/mol. The zero-order chi connectivity index (χ0) is 18.1. The molecule has 1 saturated heterocycles. The van der Waals surface area contributed by atoms with Crippen LogP contribution < -0.4 is 16.4 Å². The molecule has 0 aromatic carbocycles. The number of nitrogens with two attached hydrogens (primary N) is 1. The van der Waals surface area contributed by atoms with Crippen molar-refractivity contribution in [2.45, 2.75) is 52.5 Å². The lowest BCUT2D eigenvalue weighted by molar-refractivity contribution is -0.137. The zero-order valence-corrected chi connectivity index (χ0v) is 15.1. The van der Waals surface area contributed by atoms with Gasteiger partial charge >= 0.3 is 6.03 Å². The highest BCUT2D eigenvalue weighted by Crippen LogP contribution is 2.46. The summed E-state index contributed by atoms with van der Waals surface area (Å²) < 4.78 is 0. The summed E-state index contributed by atoms with van der Waals surface area (Å²) in [4.78, 5) is 38.3. The number of nitrogens with one attached hydrogen (secondary N) is 2. The summed E-state index contributed by atoms with van der Waals surface area (Å²) in [6.45, 7) is 8.94. The lowest BCUT2D eigenvalue weighted by Crippen LogP contribution is -2.54. The number of imide groups is 1. The van der Waals surface area contributed by atoms with Crippen molar-refractivity contribution in [3.63, 3.8) is 0 Å². The molecule has 7 nitrogen and oxygen atoms in total. The molecule has 2 aliphatic rings. The van der Waals surface area contributed by atoms with Crippen LogP contribution in [0.2, 0.25) is 0 Å². The third-order valence-corrected chi connectivity index (χ3v) is 4.98. The molecule has 1 heterocycles. The molecule has 3 atom stereocenters. The van der Waals surface area contributed by atoms with Crippen LogP contribution in [0.1, 0.15) is 47.0 Å². The fourth-order valence-corrected chi connectivity index (χ4v) is 4.22. The summed E-state index contributed by atoms with van der Waals surface area (Å²) in [5.74, 6) is -0.103. The number of hydrogen-bond acceptors (Lipinski definition) is 4. The molecule has 0 radical (unpaired) electrons. The number of rotatable bonds is 5. The van der Waals surface area contributed by atoms with Gasteiger partial charge in [0.05, 0.1) is 0 Å². The Morgan fingerprint density at radius 1 is 1.42 bits per heavy atom. The first-order chi connectivity index (χ1) is 11.1. The van der Waals surface area contributed by atoms with Gasteiger partial charge < -0.3 is 16.4 Å². The zero-order valence-electron chi connectivity index (χ0n) is 15.1. The summed E-state index contributed by atoms with van der Waals surface area (Å²) in [5.41, 5.74) is 4.64. The average Bonchev–Trinajstić information content (AvgIpc) is 2.66. The maximum absolute atomic E-state index is 12.9. The van der Waals surface area contributed by atoms with Crippen molar-refractivity contribution in [2.24, 2.45) is 23.0 Å². The monoisotopic (exact) mass is 338 g/mol. The molecule has 3 unspecified atom stereocenters. The van der Waals surface area contributed by atoms with Gasteiger partial charge in [-0.2, -0.15) is 0 Å². The number of urea groups is 1. The van der Waals surface area contributed by atoms with Crippen LogP contribution >= 0.6 is 0 Å². The van der Waals surface area contributed by atoms with Gasteiger partial charge in [0.1, 0.15) is 12.1 Å². The molecule has 2 fully saturated rings. The number of amides is 4. The lowest BCUT2D eigenvalue weighted by Gasteiger charge is -2.43. The molecule has 1 aliphatic carbocycles. The minimum atomic E-state index is -0.858. The highest BCUT2D eigenvalue weighted by Gasteiger charge is 2.56. The van der Waals surface area contributed by atoms with E-state index in [4.69, 9.17) is 5.73 Å². The Labute approximate surface area is 143 Å². The third kappa shape index (κ3) is 3.88. The Morgan fingerprint density at radius 3 is 2.67 bits per heavy atom. The minimum Gasteiger partial charge on any atom is -0.354 e. The average molecular weight is 338 g/mol. The van der Waals surface area contributed by atoms with Crippen LogP contribution in [0.25, 0.3) is 0 Å². The van der Waals surface area contributed by atoms with Crippen LogP contribution in [0.4, 0.5) is 4.79 Å². The summed E-state index contributed by atoms with van der Waals surface area (Å²) >= 11 is 0. The van der Waals surface area contributed by atoms with E-state index in [1.165, 1.54) is 0 Å². The highest BCUT2D eigenvalue weighted by molar-refractivity contribution is 6.09. The van der Waals surface area contributed by atoms with Crippen molar-refractivity contribution >= 4 is 17.8 Å². The van der Waals surface area contributed by atoms with E-state index >= 15 is 0 Å². The molecule has 1 saturated carbocycles. The maximum Gasteiger partial charge on any atom is 0.325 e. The minimum absolute atomic E-state index is 0.0184. The summed E-state index contributed by atoms with van der Waals surface area (Å²) in [6, 6.07) is -0.466. The van der Waals surface area contributed by atoms with E-state index in [1.807, 2.05) is 6.92 Å². The van der Waals surface area contributed by atoms with Crippen LogP contribution in [-0.4, -0.2) is 47.9 Å². The van der Waals surface area contributed by atoms with Gasteiger partial charge in [0.2, 0.25) is 5.91 Å². The van der Waals surface area contributed by atoms with Crippen LogP contribution in [-0.2, 0) is 9.59 Å². The molecule has 24 heavy (non-hydrogen) atoms. The molecule has 136 valence electrons. The van der Waals surface area contributed by atoms with E-state index in [1.54, 1.807) is 0 Å². The third-order valence-electron chi connectivity index (χ3n) is 4.98. The van der Waals surface area contributed by atoms with E-state index in [-0.39, 0.29) is 29.7 Å². The molecule has 1 aliphatic heterocycles. The molecule has 7 heteroatoms. The largest absolute Gasteiger partial charge is 0.354 e. The van der Waals surface area contributed by atoms with Crippen LogP contribution in [0.15, 0.2) is 0 Å². The Balaban J connectivity index is 2.05. The van der Waals surface area contributed by atoms with E-state index in [2.05, 4.69) is 31.4 Å². The van der Waals surface area contributed by atoms with Gasteiger partial charge in [-0.3, -0.25) is 14.5 Å². The first-order valence-electron chi connectivity index (χ1n) is 8.69. The van der Waals surface area contributed by atoms with E-state index in [0.717, 1.165) is 11.3 Å². The van der Waals surface area contributed by atoms with Gasteiger partial charge in [0.15, 0.2) is 0 Å². The van der Waals surface area contributed by atoms with E-state index in [9.17, 15) is 14.4 Å². The summed E-state index contributed by atoms with van der Waals surface area (Å²) in [5, 5.41) is 5.60. The second kappa shape index (κ2) is 6.70. The molecule has 0 aromatic rings. The van der Waals surface area contributed by atoms with Gasteiger partial charge in [-0.1, -0.05) is 27.7 Å². The number of hydrogen-bond donors (Lipinski definition) is 3. The highest BCUT2D eigenvalue weighted by atomic mass is 16.2. The number of carbonyl (C=O) groups is 3. The fourth-order valence-electron chi connectivity index (χ4n) is 4.22. The van der Waals surface area contributed by atoms with Gasteiger partial charge in [0.25, 0.3) is 5.91 Å². The van der Waals surface area contributed by atoms with Crippen LogP contribution in [0.5, 0.6) is 0 Å². The number of nitrogens with zero attached hydrogens (tertiary/aromatic N) is 1. The van der Waals surface area contributed by atoms with Gasteiger partial charge in [-0.25, -0.2) is 4.79 Å². The van der Waals surface area contributed by atoms with Crippen molar-refractivity contribution in [2.75, 3.05) is 19.6 Å². The van der Waals surface area contributed by atoms with Crippen molar-refractivity contribution < 1.29 is 14.4 Å². The Kier molecular flexibility index (Phi) is 5.22. The van der Waals surface area contributed by atoms with Crippen LogP contribution in [0, 0.1) is 17.3 Å². The smallest absolute Gasteiger partial charge is 0.325 e. The normalized spacial score (nSPS) is 30.4. The Bertz CT molecular complexity index is 534. The molecule has 0 bridgehead atoms. The lowest BCUT2D eigenvalue weighted by atomic mass is 9.64. The molecule has 0 aromatic heterocycles. The Morgan fingerprint density at radius 2 is 2.08 bits per heavy atom. The standard InChI is InChI=1S/C17H30N4O3/c1-11-5-16(3,4)10-17(6-11)14(23)21(15(24)20-17)9-13(22)19-8-12(2)7-18/h11-12H,5-10,18H2,1-4H3,(H,19,22)(H,20,24). The van der Waals surface area contributed by atoms with Crippen molar-refractivity contribution in [1.29, 1.82) is 0 Å². The maximum atomic E-state index is 12.9. The first-order valence-corrected chi connectivity index (χ1v) is 8.69. The summed E-state index contributed by atoms with van der Waals surface area (Å²) in [6.07, 6.45) is 2.26. The van der Waals surface area contributed by atoms with Crippen molar-refractivity contribution in [1.82, 2.24) is 15.5 Å². The first kappa shape index (κ1) is 18.7. The van der Waals surface area contributed by atoms with Gasteiger partial charge in [-0.15, -0.1) is 0 Å². The SMILES string of the molecule is CC(CN)CNC(=O)CN1C(=O)NC2(CC(C)CC(C)(C)C2)C1=O. The molecule has 2 rings (SSSR count). The van der Waals surface area contributed by atoms with Gasteiger partial charge in [-0.05, 0) is 43.1 Å². The predicted octanol–water partition coefficient (Wildman–Crippen LogP) is 0.834. The molecular formula is C17H30N4O3. The second-order valence-corrected chi connectivity index (χ2v) is 8.40. The molecule has 1 spiro atoms. The second-order valence-electron chi connectivity index (χ2n) is 8.40. The van der Waals surface area contributed by atoms with Crippen LogP contribution in [0.3, 0.4) is 0 Å². The molecule has 4 amide bonds. The Hall–Kier alpha value is -1.63. The quantitative estimate of drug-likeness (QED) is 0.646.